The summed E-state index contributed by atoms with van der Waals surface area (Å²) >= 11 is 12.3. The summed E-state index contributed by atoms with van der Waals surface area (Å²) in [5, 5.41) is 0.764. The van der Waals surface area contributed by atoms with E-state index in [0.717, 1.165) is 5.56 Å². The Kier molecular flexibility index (Phi) is 11.2. The molecule has 2 aromatic carbocycles. The molecule has 3 rings (SSSR count). The second-order valence-corrected chi connectivity index (χ2v) is 9.63. The summed E-state index contributed by atoms with van der Waals surface area (Å²) in [7, 11) is 1.39. The second kappa shape index (κ2) is 14.5. The number of Topliss-reactive ketones (excluding diaryl/α,β-unsaturated/α-hetero) is 1. The molecule has 3 atom stereocenters. The van der Waals surface area contributed by atoms with Crippen LogP contribution < -0.4 is 14.2 Å². The van der Waals surface area contributed by atoms with Crippen molar-refractivity contribution in [1.29, 1.82) is 0 Å². The zero-order chi connectivity index (χ0) is 29.2. The lowest BCUT2D eigenvalue weighted by Gasteiger charge is -2.27. The zero-order valence-corrected chi connectivity index (χ0v) is 23.9. The number of methoxy groups -OCH3 is 1. The topological polar surface area (TPSA) is 110 Å². The highest BCUT2D eigenvalue weighted by Gasteiger charge is 2.30. The largest absolute Gasteiger partial charge is 0.493 e. The Labute approximate surface area is 242 Å². The molecule has 0 spiro atoms. The summed E-state index contributed by atoms with van der Waals surface area (Å²) in [6.07, 6.45) is -0.306. The van der Waals surface area contributed by atoms with Crippen LogP contribution in [-0.4, -0.2) is 42.7 Å². The van der Waals surface area contributed by atoms with Gasteiger partial charge in [0, 0.05) is 30.6 Å². The number of hydrogen-bond acceptors (Lipinski definition) is 9. The summed E-state index contributed by atoms with van der Waals surface area (Å²) in [4.78, 5) is 41.4. The lowest BCUT2D eigenvalue weighted by molar-refractivity contribution is -0.157. The number of aromatic nitrogens is 1. The van der Waals surface area contributed by atoms with Crippen LogP contribution in [-0.2, 0) is 19.1 Å². The molecule has 0 aliphatic rings. The van der Waals surface area contributed by atoms with Crippen molar-refractivity contribution < 1.29 is 38.1 Å². The van der Waals surface area contributed by atoms with Crippen LogP contribution in [0.4, 0.5) is 0 Å². The highest BCUT2D eigenvalue weighted by Crippen LogP contribution is 2.34. The van der Waals surface area contributed by atoms with Crippen molar-refractivity contribution in [3.63, 3.8) is 0 Å². The molecule has 0 bridgehead atoms. The summed E-state index contributed by atoms with van der Waals surface area (Å²) < 4.78 is 27.4. The van der Waals surface area contributed by atoms with Gasteiger partial charge in [-0.05, 0) is 30.7 Å². The van der Waals surface area contributed by atoms with Crippen molar-refractivity contribution in [2.45, 2.75) is 39.4 Å². The van der Waals surface area contributed by atoms with Crippen LogP contribution in [0, 0.1) is 5.92 Å². The van der Waals surface area contributed by atoms with Crippen LogP contribution in [0.1, 0.15) is 49.3 Å². The monoisotopic (exact) mass is 589 g/mol. The Balaban J connectivity index is 1.73. The van der Waals surface area contributed by atoms with Crippen molar-refractivity contribution >= 4 is 40.9 Å². The van der Waals surface area contributed by atoms with Gasteiger partial charge in [-0.15, -0.1) is 0 Å². The number of carbonyl (C=O) groups excluding carboxylic acids is 3. The van der Waals surface area contributed by atoms with Crippen LogP contribution in [0.25, 0.3) is 0 Å². The van der Waals surface area contributed by atoms with E-state index in [1.54, 1.807) is 32.0 Å². The molecular formula is C29H29Cl2NO8. The molecule has 0 N–H and O–H groups in total. The smallest absolute Gasteiger partial charge is 0.309 e. The minimum Gasteiger partial charge on any atom is -0.493 e. The van der Waals surface area contributed by atoms with Gasteiger partial charge in [-0.1, -0.05) is 60.5 Å². The number of pyridine rings is 1. The molecule has 9 nitrogen and oxygen atoms in total. The summed E-state index contributed by atoms with van der Waals surface area (Å²) in [6, 6.07) is 15.6. The number of carbonyl (C=O) groups is 3. The predicted octanol–water partition coefficient (Wildman–Crippen LogP) is 6.26. The first-order chi connectivity index (χ1) is 19.1. The molecular weight excluding hydrogens is 561 g/mol. The van der Waals surface area contributed by atoms with E-state index in [0.29, 0.717) is 15.8 Å². The van der Waals surface area contributed by atoms with E-state index in [9.17, 15) is 14.4 Å². The number of hydrogen-bond donors (Lipinski definition) is 0. The second-order valence-electron chi connectivity index (χ2n) is 8.78. The van der Waals surface area contributed by atoms with Crippen molar-refractivity contribution in [2.75, 3.05) is 13.9 Å². The number of benzene rings is 2. The Bertz CT molecular complexity index is 1330. The van der Waals surface area contributed by atoms with Gasteiger partial charge < -0.3 is 23.7 Å². The van der Waals surface area contributed by atoms with Gasteiger partial charge in [0.25, 0.3) is 0 Å². The fraction of sp³-hybridized carbons (Fsp3) is 0.310. The minimum absolute atomic E-state index is 0.00238. The van der Waals surface area contributed by atoms with Gasteiger partial charge in [0.05, 0.1) is 18.1 Å². The van der Waals surface area contributed by atoms with E-state index >= 15 is 0 Å². The maximum Gasteiger partial charge on any atom is 0.309 e. The Morgan fingerprint density at radius 3 is 2.35 bits per heavy atom. The van der Waals surface area contributed by atoms with E-state index in [-0.39, 0.29) is 23.6 Å². The van der Waals surface area contributed by atoms with Gasteiger partial charge >= 0.3 is 11.9 Å². The Morgan fingerprint density at radius 2 is 1.70 bits per heavy atom. The number of esters is 2. The number of ether oxygens (including phenoxy) is 5. The van der Waals surface area contributed by atoms with Gasteiger partial charge in [0.2, 0.25) is 6.79 Å². The lowest BCUT2D eigenvalue weighted by Crippen LogP contribution is -2.30. The molecule has 40 heavy (non-hydrogen) atoms. The number of ketones is 1. The quantitative estimate of drug-likeness (QED) is 0.129. The van der Waals surface area contributed by atoms with Crippen LogP contribution in [0.15, 0.2) is 60.8 Å². The van der Waals surface area contributed by atoms with Gasteiger partial charge in [-0.2, -0.15) is 0 Å². The van der Waals surface area contributed by atoms with Crippen molar-refractivity contribution in [1.82, 2.24) is 4.98 Å². The molecule has 1 aromatic heterocycles. The average Bonchev–Trinajstić information content (AvgIpc) is 2.92. The van der Waals surface area contributed by atoms with Crippen molar-refractivity contribution in [3.8, 4) is 17.2 Å². The number of halogens is 2. The average molecular weight is 590 g/mol. The SMILES string of the molecule is COc1ccnc(C(=O)C[C@@H](C)C(=O)O[C@@H](C)[C@H](Oc2ccc(Cl)cc2Cl)c2ccccc2)c1OCOC(C)=O. The predicted molar refractivity (Wildman–Crippen MR) is 148 cm³/mol. The molecule has 212 valence electrons. The standard InChI is InChI=1S/C29H29Cl2NO8/c1-17(14-23(34)26-28(38-16-37-19(3)33)25(36-4)12-13-32-26)29(35)39-18(2)27(20-8-6-5-7-9-20)40-24-11-10-21(30)15-22(24)31/h5-13,15,17-18,27H,14,16H2,1-4H3/t17-,18+,27+/m1/s1. The molecule has 0 saturated heterocycles. The zero-order valence-electron chi connectivity index (χ0n) is 22.4. The van der Waals surface area contributed by atoms with E-state index in [1.807, 2.05) is 30.3 Å². The first-order valence-electron chi connectivity index (χ1n) is 12.3. The van der Waals surface area contributed by atoms with Crippen molar-refractivity contribution in [3.05, 3.63) is 82.1 Å². The fourth-order valence-electron chi connectivity index (χ4n) is 3.71. The first-order valence-corrected chi connectivity index (χ1v) is 13.1. The number of nitrogens with zero attached hydrogens (tertiary/aromatic N) is 1. The molecule has 11 heteroatoms. The fourth-order valence-corrected chi connectivity index (χ4v) is 4.16. The summed E-state index contributed by atoms with van der Waals surface area (Å²) in [6.45, 7) is 4.05. The first kappa shape index (κ1) is 30.7. The molecule has 0 aliphatic heterocycles. The molecule has 1 heterocycles. The van der Waals surface area contributed by atoms with Gasteiger partial charge in [-0.25, -0.2) is 4.98 Å². The lowest BCUT2D eigenvalue weighted by atomic mass is 10.0. The maximum atomic E-state index is 13.1. The Hall–Kier alpha value is -3.82. The van der Waals surface area contributed by atoms with E-state index in [2.05, 4.69) is 4.98 Å². The third-order valence-corrected chi connectivity index (χ3v) is 6.25. The molecule has 0 fully saturated rings. The Morgan fingerprint density at radius 1 is 0.975 bits per heavy atom. The molecule has 0 aliphatic carbocycles. The van der Waals surface area contributed by atoms with E-state index in [1.165, 1.54) is 26.3 Å². The van der Waals surface area contributed by atoms with E-state index in [4.69, 9.17) is 46.9 Å². The van der Waals surface area contributed by atoms with Crippen LogP contribution in [0.3, 0.4) is 0 Å². The van der Waals surface area contributed by atoms with E-state index < -0.39 is 42.6 Å². The third-order valence-electron chi connectivity index (χ3n) is 5.72. The number of rotatable bonds is 13. The highest BCUT2D eigenvalue weighted by molar-refractivity contribution is 6.35. The third kappa shape index (κ3) is 8.34. The molecule has 0 unspecified atom stereocenters. The van der Waals surface area contributed by atoms with Crippen LogP contribution in [0.5, 0.6) is 17.2 Å². The van der Waals surface area contributed by atoms with Crippen molar-refractivity contribution in [2.24, 2.45) is 5.92 Å². The summed E-state index contributed by atoms with van der Waals surface area (Å²) in [5.41, 5.74) is 0.690. The van der Waals surface area contributed by atoms with Gasteiger partial charge in [-0.3, -0.25) is 14.4 Å². The highest BCUT2D eigenvalue weighted by atomic mass is 35.5. The van der Waals surface area contributed by atoms with Crippen LogP contribution in [0.2, 0.25) is 10.0 Å². The maximum absolute atomic E-state index is 13.1. The molecule has 0 radical (unpaired) electrons. The van der Waals surface area contributed by atoms with Gasteiger partial charge in [0.1, 0.15) is 11.9 Å². The van der Waals surface area contributed by atoms with Crippen LogP contribution >= 0.6 is 23.2 Å². The summed E-state index contributed by atoms with van der Waals surface area (Å²) in [5.74, 6) is -1.90. The molecule has 3 aromatic rings. The molecule has 0 saturated carbocycles. The van der Waals surface area contributed by atoms with Gasteiger partial charge in [0.15, 0.2) is 29.1 Å². The molecule has 0 amide bonds. The normalized spacial score (nSPS) is 12.9. The minimum atomic E-state index is -0.834.